The summed E-state index contributed by atoms with van der Waals surface area (Å²) in [6.45, 7) is 5.93. The smallest absolute Gasteiger partial charge is 0.319 e. The lowest BCUT2D eigenvalue weighted by Gasteiger charge is -2.24. The second-order valence-corrected chi connectivity index (χ2v) is 6.28. The number of nitrogens with one attached hydrogen (secondary N) is 2. The van der Waals surface area contributed by atoms with Crippen LogP contribution in [0.4, 0.5) is 10.5 Å². The van der Waals surface area contributed by atoms with Crippen molar-refractivity contribution < 1.29 is 14.7 Å². The van der Waals surface area contributed by atoms with E-state index in [0.29, 0.717) is 18.5 Å². The lowest BCUT2D eigenvalue weighted by molar-refractivity contribution is -0.140. The molecule has 1 aromatic carbocycles. The van der Waals surface area contributed by atoms with Gasteiger partial charge < -0.3 is 15.7 Å². The monoisotopic (exact) mass is 290 g/mol. The van der Waals surface area contributed by atoms with Gasteiger partial charge in [-0.05, 0) is 50.8 Å². The summed E-state index contributed by atoms with van der Waals surface area (Å²) in [6, 6.07) is 6.80. The maximum absolute atomic E-state index is 11.9. The molecule has 0 bridgehead atoms. The SMILES string of the molecule is CCC(C)(C)NC(=O)Nc1ccc(C2(C(=O)O)CC2)cc1. The highest BCUT2D eigenvalue weighted by Crippen LogP contribution is 2.48. The van der Waals surface area contributed by atoms with Gasteiger partial charge in [0.25, 0.3) is 0 Å². The van der Waals surface area contributed by atoms with Gasteiger partial charge in [0, 0.05) is 11.2 Å². The third-order valence-electron chi connectivity index (χ3n) is 4.19. The fourth-order valence-corrected chi connectivity index (χ4v) is 2.18. The number of amides is 2. The van der Waals surface area contributed by atoms with Gasteiger partial charge in [0.05, 0.1) is 5.41 Å². The summed E-state index contributed by atoms with van der Waals surface area (Å²) >= 11 is 0. The number of carbonyl (C=O) groups is 2. The summed E-state index contributed by atoms with van der Waals surface area (Å²) in [5, 5.41) is 14.9. The first kappa shape index (κ1) is 15.4. The van der Waals surface area contributed by atoms with Gasteiger partial charge in [0.1, 0.15) is 0 Å². The van der Waals surface area contributed by atoms with E-state index in [1.54, 1.807) is 24.3 Å². The van der Waals surface area contributed by atoms with Crippen LogP contribution in [0.1, 0.15) is 45.6 Å². The molecule has 5 nitrogen and oxygen atoms in total. The van der Waals surface area contributed by atoms with Crippen LogP contribution in [0.5, 0.6) is 0 Å². The van der Waals surface area contributed by atoms with Crippen molar-refractivity contribution in [2.45, 2.75) is 51.0 Å². The van der Waals surface area contributed by atoms with Crippen molar-refractivity contribution in [3.05, 3.63) is 29.8 Å². The fraction of sp³-hybridized carbons (Fsp3) is 0.500. The van der Waals surface area contributed by atoms with E-state index >= 15 is 0 Å². The Morgan fingerprint density at radius 2 is 1.81 bits per heavy atom. The predicted molar refractivity (Wildman–Crippen MR) is 81.5 cm³/mol. The molecule has 0 aromatic heterocycles. The molecule has 0 radical (unpaired) electrons. The Labute approximate surface area is 124 Å². The van der Waals surface area contributed by atoms with Crippen LogP contribution in [-0.4, -0.2) is 22.6 Å². The zero-order valence-corrected chi connectivity index (χ0v) is 12.7. The van der Waals surface area contributed by atoms with Crippen LogP contribution in [-0.2, 0) is 10.2 Å². The van der Waals surface area contributed by atoms with Crippen LogP contribution in [0.25, 0.3) is 0 Å². The first-order valence-corrected chi connectivity index (χ1v) is 7.22. The van der Waals surface area contributed by atoms with Gasteiger partial charge >= 0.3 is 12.0 Å². The molecule has 1 aromatic rings. The third kappa shape index (κ3) is 3.35. The van der Waals surface area contributed by atoms with E-state index in [-0.39, 0.29) is 11.6 Å². The van der Waals surface area contributed by atoms with Gasteiger partial charge in [-0.1, -0.05) is 19.1 Å². The van der Waals surface area contributed by atoms with Crippen molar-refractivity contribution in [1.29, 1.82) is 0 Å². The summed E-state index contributed by atoms with van der Waals surface area (Å²) in [5.41, 5.74) is 0.496. The number of hydrogen-bond donors (Lipinski definition) is 3. The van der Waals surface area contributed by atoms with Gasteiger partial charge in [0.15, 0.2) is 0 Å². The molecular formula is C16H22N2O3. The minimum atomic E-state index is -0.773. The highest BCUT2D eigenvalue weighted by molar-refractivity contribution is 5.90. The molecule has 3 N–H and O–H groups in total. The quantitative estimate of drug-likeness (QED) is 0.779. The molecule has 2 rings (SSSR count). The van der Waals surface area contributed by atoms with Crippen LogP contribution in [0.2, 0.25) is 0 Å². The van der Waals surface area contributed by atoms with E-state index in [0.717, 1.165) is 12.0 Å². The normalized spacial score (nSPS) is 16.1. The molecule has 1 fully saturated rings. The molecule has 1 saturated carbocycles. The molecule has 0 atom stereocenters. The van der Waals surface area contributed by atoms with E-state index in [2.05, 4.69) is 10.6 Å². The van der Waals surface area contributed by atoms with E-state index in [1.807, 2.05) is 20.8 Å². The maximum Gasteiger partial charge on any atom is 0.319 e. The van der Waals surface area contributed by atoms with E-state index in [1.165, 1.54) is 0 Å². The lowest BCUT2D eigenvalue weighted by atomic mass is 9.96. The fourth-order valence-electron chi connectivity index (χ4n) is 2.18. The lowest BCUT2D eigenvalue weighted by Crippen LogP contribution is -2.45. The number of anilines is 1. The number of urea groups is 1. The Balaban J connectivity index is 2.00. The molecule has 1 aliphatic rings. The number of carboxylic acids is 1. The summed E-state index contributed by atoms with van der Waals surface area (Å²) < 4.78 is 0. The molecular weight excluding hydrogens is 268 g/mol. The van der Waals surface area contributed by atoms with Gasteiger partial charge in [-0.15, -0.1) is 0 Å². The van der Waals surface area contributed by atoms with Crippen LogP contribution >= 0.6 is 0 Å². The van der Waals surface area contributed by atoms with Crippen LogP contribution in [0.15, 0.2) is 24.3 Å². The topological polar surface area (TPSA) is 78.4 Å². The standard InChI is InChI=1S/C16H22N2O3/c1-4-15(2,3)18-14(21)17-12-7-5-11(6-8-12)16(9-10-16)13(19)20/h5-8H,4,9-10H2,1-3H3,(H,19,20)(H2,17,18,21). The Morgan fingerprint density at radius 3 is 2.24 bits per heavy atom. The molecule has 2 amide bonds. The van der Waals surface area contributed by atoms with Crippen molar-refractivity contribution in [2.75, 3.05) is 5.32 Å². The van der Waals surface area contributed by atoms with Crippen LogP contribution in [0, 0.1) is 0 Å². The number of hydrogen-bond acceptors (Lipinski definition) is 2. The van der Waals surface area contributed by atoms with Crippen molar-refractivity contribution >= 4 is 17.7 Å². The summed E-state index contributed by atoms with van der Waals surface area (Å²) in [4.78, 5) is 23.1. The third-order valence-corrected chi connectivity index (χ3v) is 4.19. The zero-order chi connectivity index (χ0) is 15.7. The average molecular weight is 290 g/mol. The predicted octanol–water partition coefficient (Wildman–Crippen LogP) is 3.11. The second-order valence-electron chi connectivity index (χ2n) is 6.28. The maximum atomic E-state index is 11.9. The Kier molecular flexibility index (Phi) is 3.94. The first-order valence-electron chi connectivity index (χ1n) is 7.22. The zero-order valence-electron chi connectivity index (χ0n) is 12.7. The van der Waals surface area contributed by atoms with Crippen molar-refractivity contribution in [3.8, 4) is 0 Å². The number of carbonyl (C=O) groups excluding carboxylic acids is 1. The first-order chi connectivity index (χ1) is 9.79. The van der Waals surface area contributed by atoms with Gasteiger partial charge in [-0.25, -0.2) is 4.79 Å². The van der Waals surface area contributed by atoms with Gasteiger partial charge in [0.2, 0.25) is 0 Å². The number of benzene rings is 1. The Hall–Kier alpha value is -2.04. The molecule has 1 aliphatic carbocycles. The summed E-state index contributed by atoms with van der Waals surface area (Å²) in [5.74, 6) is -0.773. The molecule has 0 spiro atoms. The highest BCUT2D eigenvalue weighted by Gasteiger charge is 2.51. The van der Waals surface area contributed by atoms with Crippen molar-refractivity contribution in [2.24, 2.45) is 0 Å². The minimum absolute atomic E-state index is 0.256. The molecule has 0 heterocycles. The average Bonchev–Trinajstić information content (AvgIpc) is 3.20. The second kappa shape index (κ2) is 5.39. The van der Waals surface area contributed by atoms with E-state index < -0.39 is 11.4 Å². The van der Waals surface area contributed by atoms with Crippen LogP contribution in [0.3, 0.4) is 0 Å². The number of carboxylic acid groups (broad SMARTS) is 1. The summed E-state index contributed by atoms with van der Waals surface area (Å²) in [7, 11) is 0. The van der Waals surface area contributed by atoms with E-state index in [9.17, 15) is 14.7 Å². The largest absolute Gasteiger partial charge is 0.481 e. The minimum Gasteiger partial charge on any atom is -0.481 e. The van der Waals surface area contributed by atoms with Gasteiger partial charge in [-0.3, -0.25) is 4.79 Å². The molecule has 114 valence electrons. The molecule has 0 saturated heterocycles. The highest BCUT2D eigenvalue weighted by atomic mass is 16.4. The molecule has 0 aliphatic heterocycles. The van der Waals surface area contributed by atoms with Crippen molar-refractivity contribution in [1.82, 2.24) is 5.32 Å². The molecule has 5 heteroatoms. The van der Waals surface area contributed by atoms with Crippen molar-refractivity contribution in [3.63, 3.8) is 0 Å². The Bertz CT molecular complexity index is 545. The molecule has 0 unspecified atom stereocenters. The van der Waals surface area contributed by atoms with E-state index in [4.69, 9.17) is 0 Å². The Morgan fingerprint density at radius 1 is 1.24 bits per heavy atom. The van der Waals surface area contributed by atoms with Gasteiger partial charge in [-0.2, -0.15) is 0 Å². The number of rotatable bonds is 5. The molecule has 21 heavy (non-hydrogen) atoms. The van der Waals surface area contributed by atoms with Crippen LogP contribution < -0.4 is 10.6 Å². The number of aliphatic carboxylic acids is 1. The summed E-state index contributed by atoms with van der Waals surface area (Å²) in [6.07, 6.45) is 2.20.